The van der Waals surface area contributed by atoms with Crippen LogP contribution in [0, 0.1) is 29.6 Å². The zero-order valence-electron chi connectivity index (χ0n) is 23.3. The first kappa shape index (κ1) is 23.1. The summed E-state index contributed by atoms with van der Waals surface area (Å²) in [6, 6.07) is 12.3. The molecule has 4 saturated carbocycles. The van der Waals surface area contributed by atoms with E-state index in [1.165, 1.54) is 77.5 Å². The number of fused-ring (bicyclic) bond motifs is 3. The molecule has 0 amide bonds. The molecule has 0 N–H and O–H groups in total. The third kappa shape index (κ3) is 3.46. The summed E-state index contributed by atoms with van der Waals surface area (Å²) < 4.78 is 0. The lowest BCUT2D eigenvalue weighted by Crippen LogP contribution is -2.46. The van der Waals surface area contributed by atoms with E-state index in [1.807, 2.05) is 0 Å². The molecule has 0 aliphatic heterocycles. The molecule has 0 aromatic heterocycles. The maximum Gasteiger partial charge on any atom is 0.0218 e. The van der Waals surface area contributed by atoms with Gasteiger partial charge in [-0.15, -0.1) is 0 Å². The highest BCUT2D eigenvalue weighted by molar-refractivity contribution is 5.90. The fourth-order valence-corrected chi connectivity index (χ4v) is 8.95. The van der Waals surface area contributed by atoms with Crippen LogP contribution in [0.1, 0.15) is 114 Å². The van der Waals surface area contributed by atoms with Crippen LogP contribution in [0.2, 0.25) is 0 Å². The number of hydrogen-bond donors (Lipinski definition) is 0. The van der Waals surface area contributed by atoms with Gasteiger partial charge in [0.25, 0.3) is 0 Å². The summed E-state index contributed by atoms with van der Waals surface area (Å²) >= 11 is 0. The van der Waals surface area contributed by atoms with Gasteiger partial charge in [0.15, 0.2) is 0 Å². The Morgan fingerprint density at radius 2 is 1.28 bits per heavy atom. The van der Waals surface area contributed by atoms with Crippen molar-refractivity contribution in [2.75, 3.05) is 0 Å². The monoisotopic (exact) mass is 475 g/mol. The summed E-state index contributed by atoms with van der Waals surface area (Å²) in [4.78, 5) is 0. The lowest BCUT2D eigenvalue weighted by atomic mass is 9.47. The molecule has 0 spiro atoms. The van der Waals surface area contributed by atoms with Gasteiger partial charge in [-0.3, -0.25) is 0 Å². The molecule has 6 aliphatic rings. The molecule has 2 aromatic rings. The third-order valence-corrected chi connectivity index (χ3v) is 10.4. The second kappa shape index (κ2) is 7.49. The Bertz CT molecular complexity index is 1280. The molecule has 2 aromatic carbocycles. The second-order valence-corrected chi connectivity index (χ2v) is 15.1. The number of rotatable bonds is 2. The van der Waals surface area contributed by atoms with E-state index in [9.17, 15) is 0 Å². The molecule has 1 radical (unpaired) electrons. The average molecular weight is 476 g/mol. The van der Waals surface area contributed by atoms with Crippen LogP contribution in [0.15, 0.2) is 48.1 Å². The average Bonchev–Trinajstić information content (AvgIpc) is 3.41. The van der Waals surface area contributed by atoms with Crippen molar-refractivity contribution in [3.8, 4) is 11.1 Å². The van der Waals surface area contributed by atoms with Crippen LogP contribution in [-0.4, -0.2) is 0 Å². The number of allylic oxidation sites excluding steroid dienone is 4. The van der Waals surface area contributed by atoms with E-state index in [1.54, 1.807) is 11.1 Å². The smallest absolute Gasteiger partial charge is 0.0218 e. The Balaban J connectivity index is 1.41. The zero-order chi connectivity index (χ0) is 25.0. The van der Waals surface area contributed by atoms with Gasteiger partial charge in [0.05, 0.1) is 0 Å². The predicted molar refractivity (Wildman–Crippen MR) is 153 cm³/mol. The van der Waals surface area contributed by atoms with Crippen LogP contribution in [0.3, 0.4) is 0 Å². The SMILES string of the molecule is CC(C)(C)c1ccc2c(c1)-c1cc(C(C)(C)C)cc(C3=C(C45CC6CC(CC(C6)C4)C5)C=CC3)c1[CH]2. The third-order valence-electron chi connectivity index (χ3n) is 10.4. The minimum Gasteiger partial charge on any atom is -0.0798 e. The van der Waals surface area contributed by atoms with Crippen LogP contribution in [0.5, 0.6) is 0 Å². The summed E-state index contributed by atoms with van der Waals surface area (Å²) in [6.45, 7) is 14.1. The Hall–Kier alpha value is -2.08. The largest absolute Gasteiger partial charge is 0.0798 e. The fourth-order valence-electron chi connectivity index (χ4n) is 8.95. The summed E-state index contributed by atoms with van der Waals surface area (Å²) in [5.41, 5.74) is 14.3. The van der Waals surface area contributed by atoms with Crippen LogP contribution in [0.25, 0.3) is 16.7 Å². The molecule has 6 aliphatic carbocycles. The van der Waals surface area contributed by atoms with Gasteiger partial charge in [-0.25, -0.2) is 0 Å². The van der Waals surface area contributed by atoms with Crippen molar-refractivity contribution >= 4 is 5.57 Å². The van der Waals surface area contributed by atoms with Gasteiger partial charge in [-0.05, 0) is 129 Å². The zero-order valence-corrected chi connectivity index (χ0v) is 23.3. The highest BCUT2D eigenvalue weighted by atomic mass is 14.6. The van der Waals surface area contributed by atoms with Crippen molar-refractivity contribution in [2.24, 2.45) is 23.2 Å². The first-order valence-corrected chi connectivity index (χ1v) is 14.6. The summed E-state index contributed by atoms with van der Waals surface area (Å²) in [7, 11) is 0. The minimum atomic E-state index is 0.127. The molecule has 0 saturated heterocycles. The van der Waals surface area contributed by atoms with Crippen molar-refractivity contribution in [3.63, 3.8) is 0 Å². The van der Waals surface area contributed by atoms with Crippen LogP contribution < -0.4 is 0 Å². The number of benzene rings is 2. The predicted octanol–water partition coefficient (Wildman–Crippen LogP) is 9.79. The first-order chi connectivity index (χ1) is 17.0. The lowest BCUT2D eigenvalue weighted by molar-refractivity contribution is -0.0281. The molecule has 4 bridgehead atoms. The molecule has 187 valence electrons. The fraction of sp³-hybridized carbons (Fsp3) is 0.528. The van der Waals surface area contributed by atoms with Gasteiger partial charge in [-0.1, -0.05) is 84.0 Å². The molecule has 0 unspecified atom stereocenters. The minimum absolute atomic E-state index is 0.127. The van der Waals surface area contributed by atoms with E-state index in [4.69, 9.17) is 0 Å². The lowest BCUT2D eigenvalue weighted by Gasteiger charge is -2.57. The van der Waals surface area contributed by atoms with Gasteiger partial charge < -0.3 is 0 Å². The van der Waals surface area contributed by atoms with Gasteiger partial charge >= 0.3 is 0 Å². The Morgan fingerprint density at radius 3 is 1.89 bits per heavy atom. The van der Waals surface area contributed by atoms with Crippen molar-refractivity contribution in [1.82, 2.24) is 0 Å². The number of hydrogen-bond acceptors (Lipinski definition) is 0. The highest BCUT2D eigenvalue weighted by Crippen LogP contribution is 2.64. The Kier molecular flexibility index (Phi) is 4.80. The van der Waals surface area contributed by atoms with Crippen molar-refractivity contribution in [3.05, 3.63) is 82.3 Å². The molecular weight excluding hydrogens is 432 g/mol. The summed E-state index contributed by atoms with van der Waals surface area (Å²) in [5.74, 6) is 2.95. The van der Waals surface area contributed by atoms with Gasteiger partial charge in [0, 0.05) is 6.42 Å². The normalized spacial score (nSPS) is 30.3. The van der Waals surface area contributed by atoms with E-state index in [2.05, 4.69) is 90.4 Å². The van der Waals surface area contributed by atoms with Gasteiger partial charge in [0.2, 0.25) is 0 Å². The van der Waals surface area contributed by atoms with Crippen molar-refractivity contribution in [2.45, 2.75) is 97.3 Å². The standard InChI is InChI=1S/C36H43/c1-34(2,3)26-11-10-25-15-30-31(17-27(35(4,5)6)18-32(30)29(25)16-26)28-8-7-9-33(28)36-19-22-12-23(20-36)14-24(13-22)21-36/h7,9-11,15-18,22-24H,8,12-14,19-21H2,1-6H3. The van der Waals surface area contributed by atoms with Crippen LogP contribution in [-0.2, 0) is 10.8 Å². The highest BCUT2D eigenvalue weighted by Gasteiger charge is 2.53. The van der Waals surface area contributed by atoms with E-state index in [0.29, 0.717) is 5.41 Å². The van der Waals surface area contributed by atoms with Crippen LogP contribution >= 0.6 is 0 Å². The second-order valence-electron chi connectivity index (χ2n) is 15.1. The Morgan fingerprint density at radius 1 is 0.694 bits per heavy atom. The molecule has 0 atom stereocenters. The van der Waals surface area contributed by atoms with Crippen molar-refractivity contribution in [1.29, 1.82) is 0 Å². The van der Waals surface area contributed by atoms with Crippen molar-refractivity contribution < 1.29 is 0 Å². The molecule has 4 fully saturated rings. The van der Waals surface area contributed by atoms with E-state index >= 15 is 0 Å². The van der Waals surface area contributed by atoms with Gasteiger partial charge in [0.1, 0.15) is 0 Å². The van der Waals surface area contributed by atoms with Gasteiger partial charge in [-0.2, -0.15) is 0 Å². The van der Waals surface area contributed by atoms with E-state index in [0.717, 1.165) is 24.2 Å². The van der Waals surface area contributed by atoms with E-state index in [-0.39, 0.29) is 10.8 Å². The summed E-state index contributed by atoms with van der Waals surface area (Å²) in [6.07, 6.45) is 17.5. The maximum atomic E-state index is 2.58. The Labute approximate surface area is 219 Å². The topological polar surface area (TPSA) is 0 Å². The molecule has 8 rings (SSSR count). The maximum absolute atomic E-state index is 2.58. The van der Waals surface area contributed by atoms with Crippen LogP contribution in [0.4, 0.5) is 0 Å². The molecular formula is C36H43. The summed E-state index contributed by atoms with van der Waals surface area (Å²) in [5, 5.41) is 0. The molecule has 0 heteroatoms. The first-order valence-electron chi connectivity index (χ1n) is 14.6. The molecule has 36 heavy (non-hydrogen) atoms. The molecule has 0 heterocycles. The molecule has 0 nitrogen and oxygen atoms in total. The quantitative estimate of drug-likeness (QED) is 0.346. The van der Waals surface area contributed by atoms with E-state index < -0.39 is 0 Å².